The molecule has 1 atom stereocenters. The molecule has 1 unspecified atom stereocenters. The zero-order chi connectivity index (χ0) is 17.3. The number of benzene rings is 2. The molecule has 1 heterocycles. The molecule has 1 aliphatic heterocycles. The van der Waals surface area contributed by atoms with Crippen molar-refractivity contribution in [1.29, 1.82) is 0 Å². The van der Waals surface area contributed by atoms with Crippen molar-refractivity contribution in [2.45, 2.75) is 43.6 Å². The molecule has 0 saturated heterocycles. The van der Waals surface area contributed by atoms with E-state index in [1.54, 1.807) is 12.1 Å². The molecule has 0 bridgehead atoms. The lowest BCUT2D eigenvalue weighted by molar-refractivity contribution is -0.127. The molecule has 0 radical (unpaired) electrons. The van der Waals surface area contributed by atoms with Gasteiger partial charge < -0.3 is 10.1 Å². The van der Waals surface area contributed by atoms with E-state index in [4.69, 9.17) is 4.74 Å². The third kappa shape index (κ3) is 2.90. The third-order valence-electron chi connectivity index (χ3n) is 5.55. The maximum atomic E-state index is 13.3. The lowest BCUT2D eigenvalue weighted by Gasteiger charge is -2.33. The van der Waals surface area contributed by atoms with E-state index in [9.17, 15) is 9.18 Å². The Morgan fingerprint density at radius 2 is 1.80 bits per heavy atom. The molecule has 1 amide bonds. The maximum absolute atomic E-state index is 13.3. The Kier molecular flexibility index (Phi) is 4.20. The van der Waals surface area contributed by atoms with E-state index in [0.717, 1.165) is 49.0 Å². The lowest BCUT2D eigenvalue weighted by Crippen LogP contribution is -2.45. The minimum Gasteiger partial charge on any atom is -0.493 e. The van der Waals surface area contributed by atoms with Gasteiger partial charge in [-0.1, -0.05) is 43.2 Å². The monoisotopic (exact) mass is 339 g/mol. The number of halogens is 1. The topological polar surface area (TPSA) is 38.3 Å². The van der Waals surface area contributed by atoms with Gasteiger partial charge in [0.05, 0.1) is 18.1 Å². The quantitative estimate of drug-likeness (QED) is 0.906. The van der Waals surface area contributed by atoms with Gasteiger partial charge in [-0.05, 0) is 36.6 Å². The number of carbonyl (C=O) groups excluding carboxylic acids is 1. The van der Waals surface area contributed by atoms with Crippen LogP contribution in [0, 0.1) is 5.82 Å². The summed E-state index contributed by atoms with van der Waals surface area (Å²) >= 11 is 0. The number of amides is 1. The fraction of sp³-hybridized carbons (Fsp3) is 0.381. The molecule has 3 nitrogen and oxygen atoms in total. The van der Waals surface area contributed by atoms with Gasteiger partial charge in [-0.25, -0.2) is 4.39 Å². The van der Waals surface area contributed by atoms with Crippen molar-refractivity contribution < 1.29 is 13.9 Å². The van der Waals surface area contributed by atoms with Crippen LogP contribution in [0.5, 0.6) is 5.75 Å². The first-order valence-electron chi connectivity index (χ1n) is 8.98. The lowest BCUT2D eigenvalue weighted by atomic mass is 9.77. The van der Waals surface area contributed by atoms with Crippen LogP contribution >= 0.6 is 0 Å². The first-order valence-corrected chi connectivity index (χ1v) is 8.98. The summed E-state index contributed by atoms with van der Waals surface area (Å²) in [7, 11) is 0. The summed E-state index contributed by atoms with van der Waals surface area (Å²) in [5.74, 6) is 0.635. The number of carbonyl (C=O) groups is 1. The Balaban J connectivity index is 1.62. The highest BCUT2D eigenvalue weighted by Gasteiger charge is 2.43. The fourth-order valence-electron chi connectivity index (χ4n) is 4.18. The van der Waals surface area contributed by atoms with E-state index in [1.807, 2.05) is 24.3 Å². The fourth-order valence-corrected chi connectivity index (χ4v) is 4.18. The molecule has 1 N–H and O–H groups in total. The van der Waals surface area contributed by atoms with Crippen LogP contribution in [0.15, 0.2) is 48.5 Å². The van der Waals surface area contributed by atoms with Crippen LogP contribution in [0.25, 0.3) is 0 Å². The van der Waals surface area contributed by atoms with Gasteiger partial charge >= 0.3 is 0 Å². The number of hydrogen-bond acceptors (Lipinski definition) is 2. The molecule has 0 spiro atoms. The van der Waals surface area contributed by atoms with Crippen LogP contribution in [-0.4, -0.2) is 12.5 Å². The summed E-state index contributed by atoms with van der Waals surface area (Å²) in [6, 6.07) is 14.3. The minimum absolute atomic E-state index is 0.0321. The zero-order valence-corrected chi connectivity index (χ0v) is 14.1. The SMILES string of the molecule is O=C(NC1CCOc2ccccc21)C1(c2ccc(F)cc2)CCCC1. The van der Waals surface area contributed by atoms with E-state index >= 15 is 0 Å². The van der Waals surface area contributed by atoms with E-state index < -0.39 is 5.41 Å². The Hall–Kier alpha value is -2.36. The summed E-state index contributed by atoms with van der Waals surface area (Å²) in [5.41, 5.74) is 1.42. The van der Waals surface area contributed by atoms with Gasteiger partial charge in [0.15, 0.2) is 0 Å². The van der Waals surface area contributed by atoms with E-state index in [1.165, 1.54) is 12.1 Å². The highest BCUT2D eigenvalue weighted by Crippen LogP contribution is 2.42. The molecular formula is C21H22FNO2. The van der Waals surface area contributed by atoms with Crippen molar-refractivity contribution in [2.75, 3.05) is 6.61 Å². The number of ether oxygens (including phenoxy) is 1. The van der Waals surface area contributed by atoms with Crippen molar-refractivity contribution >= 4 is 5.91 Å². The van der Waals surface area contributed by atoms with Gasteiger partial charge in [0.2, 0.25) is 5.91 Å². The van der Waals surface area contributed by atoms with Crippen LogP contribution in [-0.2, 0) is 10.2 Å². The van der Waals surface area contributed by atoms with Gasteiger partial charge in [0, 0.05) is 12.0 Å². The largest absolute Gasteiger partial charge is 0.493 e. The third-order valence-corrected chi connectivity index (χ3v) is 5.55. The Morgan fingerprint density at radius 3 is 2.56 bits per heavy atom. The maximum Gasteiger partial charge on any atom is 0.231 e. The molecule has 4 rings (SSSR count). The summed E-state index contributed by atoms with van der Waals surface area (Å²) in [6.07, 6.45) is 4.44. The highest BCUT2D eigenvalue weighted by molar-refractivity contribution is 5.89. The van der Waals surface area contributed by atoms with Crippen LogP contribution < -0.4 is 10.1 Å². The average Bonchev–Trinajstić information content (AvgIpc) is 3.14. The average molecular weight is 339 g/mol. The summed E-state index contributed by atoms with van der Waals surface area (Å²) < 4.78 is 19.0. The molecule has 2 aromatic rings. The van der Waals surface area contributed by atoms with E-state index in [-0.39, 0.29) is 17.8 Å². The first kappa shape index (κ1) is 16.1. The zero-order valence-electron chi connectivity index (χ0n) is 14.1. The Bertz CT molecular complexity index is 766. The molecule has 2 aromatic carbocycles. The normalized spacial score (nSPS) is 21.2. The van der Waals surface area contributed by atoms with Gasteiger partial charge in [-0.3, -0.25) is 4.79 Å². The minimum atomic E-state index is -0.541. The van der Waals surface area contributed by atoms with Crippen molar-refractivity contribution in [3.05, 3.63) is 65.5 Å². The number of rotatable bonds is 3. The van der Waals surface area contributed by atoms with Crippen molar-refractivity contribution in [3.8, 4) is 5.75 Å². The molecule has 130 valence electrons. The summed E-state index contributed by atoms with van der Waals surface area (Å²) in [4.78, 5) is 13.3. The van der Waals surface area contributed by atoms with Crippen molar-refractivity contribution in [3.63, 3.8) is 0 Å². The van der Waals surface area contributed by atoms with Gasteiger partial charge in [-0.15, -0.1) is 0 Å². The van der Waals surface area contributed by atoms with Crippen LogP contribution in [0.3, 0.4) is 0 Å². The van der Waals surface area contributed by atoms with Gasteiger partial charge in [0.25, 0.3) is 0 Å². The molecule has 1 saturated carbocycles. The second kappa shape index (κ2) is 6.51. The predicted molar refractivity (Wildman–Crippen MR) is 94.0 cm³/mol. The summed E-state index contributed by atoms with van der Waals surface area (Å²) in [5, 5.41) is 3.26. The van der Waals surface area contributed by atoms with Crippen molar-refractivity contribution in [2.24, 2.45) is 0 Å². The second-order valence-electron chi connectivity index (χ2n) is 7.00. The molecule has 25 heavy (non-hydrogen) atoms. The summed E-state index contributed by atoms with van der Waals surface area (Å²) in [6.45, 7) is 0.603. The van der Waals surface area contributed by atoms with E-state index in [2.05, 4.69) is 5.32 Å². The molecular weight excluding hydrogens is 317 g/mol. The van der Waals surface area contributed by atoms with Crippen molar-refractivity contribution in [1.82, 2.24) is 5.32 Å². The van der Waals surface area contributed by atoms with Gasteiger partial charge in [-0.2, -0.15) is 0 Å². The smallest absolute Gasteiger partial charge is 0.231 e. The number of para-hydroxylation sites is 1. The Labute approximate surface area is 147 Å². The molecule has 1 fully saturated rings. The molecule has 1 aliphatic carbocycles. The van der Waals surface area contributed by atoms with E-state index in [0.29, 0.717) is 6.61 Å². The van der Waals surface area contributed by atoms with Crippen LogP contribution in [0.1, 0.15) is 49.3 Å². The standard InChI is InChI=1S/C21H22FNO2/c22-16-9-7-15(8-10-16)21(12-3-4-13-21)20(24)23-18-11-14-25-19-6-2-1-5-17(18)19/h1-2,5-10,18H,3-4,11-14H2,(H,23,24). The first-order chi connectivity index (χ1) is 12.2. The number of fused-ring (bicyclic) bond motifs is 1. The Morgan fingerprint density at radius 1 is 1.08 bits per heavy atom. The van der Waals surface area contributed by atoms with Gasteiger partial charge in [0.1, 0.15) is 11.6 Å². The second-order valence-corrected chi connectivity index (χ2v) is 7.00. The molecule has 4 heteroatoms. The predicted octanol–water partition coefficient (Wildman–Crippen LogP) is 4.28. The molecule has 2 aliphatic rings. The highest BCUT2D eigenvalue weighted by atomic mass is 19.1. The number of nitrogens with one attached hydrogen (secondary N) is 1. The molecule has 0 aromatic heterocycles. The number of hydrogen-bond donors (Lipinski definition) is 1. The van der Waals surface area contributed by atoms with Crippen LogP contribution in [0.4, 0.5) is 4.39 Å². The van der Waals surface area contributed by atoms with Crippen LogP contribution in [0.2, 0.25) is 0 Å².